The molecule has 1 unspecified atom stereocenters. The highest BCUT2D eigenvalue weighted by Gasteiger charge is 2.30. The number of likely N-dealkylation sites (N-methyl/N-ethyl adjacent to an activating group) is 1. The third kappa shape index (κ3) is 3.36. The van der Waals surface area contributed by atoms with Crippen LogP contribution in [0, 0.1) is 0 Å². The quantitative estimate of drug-likeness (QED) is 0.728. The van der Waals surface area contributed by atoms with Crippen LogP contribution in [-0.2, 0) is 9.59 Å². The van der Waals surface area contributed by atoms with Crippen LogP contribution in [0.2, 0.25) is 0 Å². The van der Waals surface area contributed by atoms with Gasteiger partial charge in [-0.2, -0.15) is 0 Å². The van der Waals surface area contributed by atoms with E-state index in [1.807, 2.05) is 0 Å². The summed E-state index contributed by atoms with van der Waals surface area (Å²) in [4.78, 5) is 23.8. The van der Waals surface area contributed by atoms with Crippen molar-refractivity contribution in [3.05, 3.63) is 17.7 Å². The van der Waals surface area contributed by atoms with Crippen molar-refractivity contribution in [2.24, 2.45) is 0 Å². The van der Waals surface area contributed by atoms with Gasteiger partial charge in [-0.15, -0.1) is 0 Å². The van der Waals surface area contributed by atoms with Crippen molar-refractivity contribution < 1.29 is 28.9 Å². The molecule has 1 atom stereocenters. The fraction of sp³-hybridized carbons (Fsp3) is 0.429. The minimum Gasteiger partial charge on any atom is -0.496 e. The Balaban J connectivity index is 3.49. The summed E-state index contributed by atoms with van der Waals surface area (Å²) in [6, 6.07) is 1.87. The van der Waals surface area contributed by atoms with Gasteiger partial charge in [-0.3, -0.25) is 4.79 Å². The van der Waals surface area contributed by atoms with Crippen LogP contribution in [0.4, 0.5) is 0 Å². The van der Waals surface area contributed by atoms with E-state index in [4.69, 9.17) is 14.2 Å². The van der Waals surface area contributed by atoms with Crippen LogP contribution < -0.4 is 14.2 Å². The molecule has 0 saturated carbocycles. The Kier molecular flexibility index (Phi) is 5.83. The molecular formula is C14H19NO6. The first-order chi connectivity index (χ1) is 10.0. The average Bonchev–Trinajstić information content (AvgIpc) is 2.50. The Morgan fingerprint density at radius 3 is 2.10 bits per heavy atom. The molecule has 21 heavy (non-hydrogen) atoms. The van der Waals surface area contributed by atoms with Gasteiger partial charge in [0.25, 0.3) is 0 Å². The van der Waals surface area contributed by atoms with E-state index in [1.165, 1.54) is 33.5 Å². The summed E-state index contributed by atoms with van der Waals surface area (Å²) >= 11 is 0. The Hall–Kier alpha value is -2.44. The summed E-state index contributed by atoms with van der Waals surface area (Å²) in [6.45, 7) is 1.94. The van der Waals surface area contributed by atoms with Crippen LogP contribution >= 0.6 is 0 Å². The van der Waals surface area contributed by atoms with Gasteiger partial charge in [-0.25, -0.2) is 4.79 Å². The van der Waals surface area contributed by atoms with Crippen molar-refractivity contribution in [1.29, 1.82) is 0 Å². The van der Waals surface area contributed by atoms with Gasteiger partial charge in [0.05, 0.1) is 21.3 Å². The maximum Gasteiger partial charge on any atom is 0.331 e. The maximum atomic E-state index is 11.6. The molecule has 116 valence electrons. The Labute approximate surface area is 123 Å². The smallest absolute Gasteiger partial charge is 0.331 e. The van der Waals surface area contributed by atoms with Crippen molar-refractivity contribution in [3.8, 4) is 17.2 Å². The predicted molar refractivity (Wildman–Crippen MR) is 74.9 cm³/mol. The number of hydrogen-bond donors (Lipinski definition) is 1. The molecule has 1 rings (SSSR count). The number of ether oxygens (including phenoxy) is 3. The molecule has 0 fully saturated rings. The van der Waals surface area contributed by atoms with E-state index in [0.717, 1.165) is 4.90 Å². The number of amides is 1. The third-order valence-corrected chi connectivity index (χ3v) is 3.10. The molecule has 7 heteroatoms. The Morgan fingerprint density at radius 1 is 1.19 bits per heavy atom. The van der Waals surface area contributed by atoms with Crippen LogP contribution in [0.1, 0.15) is 18.5 Å². The highest BCUT2D eigenvalue weighted by molar-refractivity contribution is 5.80. The Bertz CT molecular complexity index is 516. The fourth-order valence-electron chi connectivity index (χ4n) is 2.04. The second-order valence-electron chi connectivity index (χ2n) is 4.13. The van der Waals surface area contributed by atoms with E-state index >= 15 is 0 Å². The number of methoxy groups -OCH3 is 3. The normalized spacial score (nSPS) is 11.4. The SMILES string of the molecule is CCN(C=O)C(C(=O)O)c1cc(OC)c(OC)cc1OC. The van der Waals surface area contributed by atoms with E-state index in [1.54, 1.807) is 6.92 Å². The molecule has 0 aromatic heterocycles. The van der Waals surface area contributed by atoms with E-state index in [2.05, 4.69) is 0 Å². The lowest BCUT2D eigenvalue weighted by atomic mass is 10.0. The Morgan fingerprint density at radius 2 is 1.71 bits per heavy atom. The summed E-state index contributed by atoms with van der Waals surface area (Å²) in [6.07, 6.45) is 0.495. The molecule has 0 saturated heterocycles. The van der Waals surface area contributed by atoms with Crippen LogP contribution in [0.15, 0.2) is 12.1 Å². The molecule has 1 aromatic carbocycles. The monoisotopic (exact) mass is 297 g/mol. The van der Waals surface area contributed by atoms with Gasteiger partial charge in [-0.05, 0) is 13.0 Å². The molecule has 0 aliphatic heterocycles. The predicted octanol–water partition coefficient (Wildman–Crippen LogP) is 1.32. The van der Waals surface area contributed by atoms with Gasteiger partial charge in [0.2, 0.25) is 6.41 Å². The van der Waals surface area contributed by atoms with Crippen LogP contribution in [-0.4, -0.2) is 50.3 Å². The number of carboxylic acids is 1. The first-order valence-electron chi connectivity index (χ1n) is 6.27. The van der Waals surface area contributed by atoms with Crippen molar-refractivity contribution in [2.45, 2.75) is 13.0 Å². The van der Waals surface area contributed by atoms with Crippen molar-refractivity contribution in [1.82, 2.24) is 4.90 Å². The fourth-order valence-corrected chi connectivity index (χ4v) is 2.04. The molecule has 1 amide bonds. The number of rotatable bonds is 8. The summed E-state index contributed by atoms with van der Waals surface area (Å²) in [5, 5.41) is 9.44. The number of carbonyl (C=O) groups excluding carboxylic acids is 1. The number of nitrogens with zero attached hydrogens (tertiary/aromatic N) is 1. The molecule has 0 spiro atoms. The highest BCUT2D eigenvalue weighted by atomic mass is 16.5. The lowest BCUT2D eigenvalue weighted by molar-refractivity contribution is -0.146. The second kappa shape index (κ2) is 7.37. The van der Waals surface area contributed by atoms with Gasteiger partial charge in [-0.1, -0.05) is 0 Å². The lowest BCUT2D eigenvalue weighted by Crippen LogP contribution is -2.33. The zero-order valence-electron chi connectivity index (χ0n) is 12.5. The van der Waals surface area contributed by atoms with E-state index in [-0.39, 0.29) is 6.54 Å². The van der Waals surface area contributed by atoms with E-state index in [0.29, 0.717) is 29.2 Å². The number of aliphatic carboxylic acids is 1. The highest BCUT2D eigenvalue weighted by Crippen LogP contribution is 2.39. The van der Waals surface area contributed by atoms with Crippen LogP contribution in [0.3, 0.4) is 0 Å². The van der Waals surface area contributed by atoms with Crippen molar-refractivity contribution in [3.63, 3.8) is 0 Å². The molecule has 1 aromatic rings. The molecule has 0 aliphatic rings. The molecule has 0 radical (unpaired) electrons. The minimum atomic E-state index is -1.16. The summed E-state index contributed by atoms with van der Waals surface area (Å²) < 4.78 is 15.5. The maximum absolute atomic E-state index is 11.6. The summed E-state index contributed by atoms with van der Waals surface area (Å²) in [5.74, 6) is -0.0762. The van der Waals surface area contributed by atoms with Gasteiger partial charge in [0.1, 0.15) is 5.75 Å². The van der Waals surface area contributed by atoms with Crippen molar-refractivity contribution >= 4 is 12.4 Å². The zero-order chi connectivity index (χ0) is 16.0. The van der Waals surface area contributed by atoms with Gasteiger partial charge >= 0.3 is 5.97 Å². The van der Waals surface area contributed by atoms with Gasteiger partial charge < -0.3 is 24.2 Å². The molecule has 0 aliphatic carbocycles. The zero-order valence-corrected chi connectivity index (χ0v) is 12.5. The third-order valence-electron chi connectivity index (χ3n) is 3.10. The lowest BCUT2D eigenvalue weighted by Gasteiger charge is -2.26. The van der Waals surface area contributed by atoms with Crippen LogP contribution in [0.5, 0.6) is 17.2 Å². The standard InChI is InChI=1S/C14H19NO6/c1-5-15(8-16)13(14(17)18)9-6-11(20-3)12(21-4)7-10(9)19-2/h6-8,13H,5H2,1-4H3,(H,17,18). The van der Waals surface area contributed by atoms with E-state index in [9.17, 15) is 14.7 Å². The van der Waals surface area contributed by atoms with Crippen molar-refractivity contribution in [2.75, 3.05) is 27.9 Å². The van der Waals surface area contributed by atoms with Gasteiger partial charge in [0.15, 0.2) is 17.5 Å². The topological polar surface area (TPSA) is 85.3 Å². The molecular weight excluding hydrogens is 278 g/mol. The number of hydrogen-bond acceptors (Lipinski definition) is 5. The first kappa shape index (κ1) is 16.6. The average molecular weight is 297 g/mol. The molecule has 1 N–H and O–H groups in total. The second-order valence-corrected chi connectivity index (χ2v) is 4.13. The van der Waals surface area contributed by atoms with Gasteiger partial charge in [0, 0.05) is 18.2 Å². The molecule has 0 heterocycles. The minimum absolute atomic E-state index is 0.248. The largest absolute Gasteiger partial charge is 0.496 e. The van der Waals surface area contributed by atoms with Crippen LogP contribution in [0.25, 0.3) is 0 Å². The van der Waals surface area contributed by atoms with E-state index < -0.39 is 12.0 Å². The number of carboxylic acid groups (broad SMARTS) is 1. The summed E-state index contributed by atoms with van der Waals surface area (Å²) in [5.41, 5.74) is 0.316. The molecule has 7 nitrogen and oxygen atoms in total. The number of benzene rings is 1. The first-order valence-corrected chi connectivity index (χ1v) is 6.27. The molecule has 0 bridgehead atoms. The number of carbonyl (C=O) groups is 2. The summed E-state index contributed by atoms with van der Waals surface area (Å²) in [7, 11) is 4.33.